The van der Waals surface area contributed by atoms with Gasteiger partial charge in [-0.05, 0) is 53.6 Å². The molecule has 0 spiro atoms. The summed E-state index contributed by atoms with van der Waals surface area (Å²) in [5.74, 6) is 0. The summed E-state index contributed by atoms with van der Waals surface area (Å²) in [7, 11) is 0. The maximum atomic E-state index is 9.00. The number of rotatable bonds is 6. The van der Waals surface area contributed by atoms with Gasteiger partial charge in [0.2, 0.25) is 0 Å². The second kappa shape index (κ2) is 34.1. The van der Waals surface area contributed by atoms with Gasteiger partial charge in [-0.1, -0.05) is 197 Å². The van der Waals surface area contributed by atoms with Crippen molar-refractivity contribution in [1.29, 1.82) is 0 Å². The summed E-state index contributed by atoms with van der Waals surface area (Å²) in [5, 5.41) is 16.8. The van der Waals surface area contributed by atoms with E-state index in [0.717, 1.165) is 39.4 Å². The SMILES string of the molecule is CC.CC.CC.CC.CC.CC.ON=C(Cc1ccccn1)c1ccccc1.c1ccc(-c2cc3ccccn3n2)cc1.c1ccc(C2=NC2c2ccccn2)cc1. The number of pyridine rings is 3. The van der Waals surface area contributed by atoms with Crippen LogP contribution in [0.2, 0.25) is 0 Å². The van der Waals surface area contributed by atoms with Gasteiger partial charge in [0.25, 0.3) is 0 Å². The number of hydrogen-bond acceptors (Lipinski definition) is 6. The Morgan fingerprint density at radius 1 is 0.552 bits per heavy atom. The Labute approximate surface area is 350 Å². The van der Waals surface area contributed by atoms with Crippen molar-refractivity contribution in [2.45, 2.75) is 95.5 Å². The predicted octanol–water partition coefficient (Wildman–Crippen LogP) is 14.3. The molecule has 0 fully saturated rings. The molecule has 8 rings (SSSR count). The zero-order valence-corrected chi connectivity index (χ0v) is 37.1. The van der Waals surface area contributed by atoms with Gasteiger partial charge in [0.15, 0.2) is 0 Å². The lowest BCUT2D eigenvalue weighted by atomic mass is 10.1. The van der Waals surface area contributed by atoms with Crippen LogP contribution in [0.5, 0.6) is 0 Å². The van der Waals surface area contributed by atoms with Gasteiger partial charge in [-0.2, -0.15) is 5.10 Å². The molecule has 0 saturated heterocycles. The number of aliphatic imine (C=N–C) groups is 1. The van der Waals surface area contributed by atoms with Crippen molar-refractivity contribution in [3.05, 3.63) is 193 Å². The molecule has 308 valence electrons. The molecule has 1 aliphatic heterocycles. The van der Waals surface area contributed by atoms with Gasteiger partial charge in [0.05, 0.1) is 28.3 Å². The summed E-state index contributed by atoms with van der Waals surface area (Å²) in [5.41, 5.74) is 9.10. The first-order valence-corrected chi connectivity index (χ1v) is 21.0. The Hall–Kier alpha value is -6.21. The van der Waals surface area contributed by atoms with Crippen LogP contribution in [0.4, 0.5) is 0 Å². The lowest BCUT2D eigenvalue weighted by Gasteiger charge is -2.03. The number of fused-ring (bicyclic) bond motifs is 1. The Kier molecular flexibility index (Phi) is 30.4. The summed E-state index contributed by atoms with van der Waals surface area (Å²) in [6.07, 6.45) is 6.03. The van der Waals surface area contributed by atoms with Gasteiger partial charge in [0.1, 0.15) is 6.04 Å². The first-order chi connectivity index (χ1) is 28.8. The van der Waals surface area contributed by atoms with E-state index >= 15 is 0 Å². The molecule has 4 aromatic heterocycles. The average molecular weight is 781 g/mol. The van der Waals surface area contributed by atoms with Crippen LogP contribution in [-0.4, -0.2) is 36.2 Å². The van der Waals surface area contributed by atoms with Crippen LogP contribution in [-0.2, 0) is 6.42 Å². The molecule has 7 nitrogen and oxygen atoms in total. The molecule has 7 heteroatoms. The summed E-state index contributed by atoms with van der Waals surface area (Å²) >= 11 is 0. The fourth-order valence-electron chi connectivity index (χ4n) is 4.88. The van der Waals surface area contributed by atoms with E-state index in [1.807, 2.05) is 215 Å². The van der Waals surface area contributed by atoms with Gasteiger partial charge < -0.3 is 5.21 Å². The minimum atomic E-state index is 0.189. The minimum Gasteiger partial charge on any atom is -0.411 e. The zero-order valence-electron chi connectivity index (χ0n) is 37.1. The van der Waals surface area contributed by atoms with Crippen LogP contribution in [0.15, 0.2) is 180 Å². The predicted molar refractivity (Wildman–Crippen MR) is 251 cm³/mol. The number of oxime groups is 1. The Balaban J connectivity index is 0.000000742. The maximum absolute atomic E-state index is 9.00. The van der Waals surface area contributed by atoms with Crippen LogP contribution in [0.1, 0.15) is 112 Å². The molecule has 0 amide bonds. The Bertz CT molecular complexity index is 1980. The zero-order chi connectivity index (χ0) is 43.4. The van der Waals surface area contributed by atoms with E-state index in [0.29, 0.717) is 12.1 Å². The normalized spacial score (nSPS) is 11.3. The van der Waals surface area contributed by atoms with Crippen molar-refractivity contribution in [1.82, 2.24) is 19.6 Å². The highest BCUT2D eigenvalue weighted by Gasteiger charge is 2.31. The first kappa shape index (κ1) is 51.8. The van der Waals surface area contributed by atoms with Gasteiger partial charge in [-0.3, -0.25) is 15.0 Å². The smallest absolute Gasteiger partial charge is 0.134 e. The highest BCUT2D eigenvalue weighted by molar-refractivity contribution is 6.13. The highest BCUT2D eigenvalue weighted by atomic mass is 16.4. The van der Waals surface area contributed by atoms with Crippen molar-refractivity contribution in [2.75, 3.05) is 0 Å². The molecule has 1 atom stereocenters. The maximum Gasteiger partial charge on any atom is 0.134 e. The fraction of sp³-hybridized carbons (Fsp3) is 0.275. The Morgan fingerprint density at radius 2 is 1.05 bits per heavy atom. The average Bonchev–Trinajstić information content (AvgIpc) is 4.04. The minimum absolute atomic E-state index is 0.189. The molecular formula is C51H68N6O. The number of aromatic nitrogens is 4. The third-order valence-electron chi connectivity index (χ3n) is 7.24. The standard InChI is InChI=1S/C13H12N2O.2C13H10N2.6C2H6/c16-15-13(11-6-2-1-3-7-11)10-12-8-4-5-9-14-12;1-2-6-11(7-3-1)13-10-12-8-4-5-9-15(12)14-13;1-2-6-10(7-3-1)12-13(15-12)11-8-4-5-9-14-11;6*1-2/h1-9,16H,10H2;1-10H;1-9,13H;6*1-2H3. The van der Waals surface area contributed by atoms with Crippen LogP contribution >= 0.6 is 0 Å². The second-order valence-electron chi connectivity index (χ2n) is 10.4. The summed E-state index contributed by atoms with van der Waals surface area (Å²) < 4.78 is 1.89. The molecule has 3 aromatic carbocycles. The largest absolute Gasteiger partial charge is 0.411 e. The van der Waals surface area contributed by atoms with E-state index in [1.54, 1.807) is 6.20 Å². The van der Waals surface area contributed by atoms with Crippen molar-refractivity contribution in [3.63, 3.8) is 0 Å². The van der Waals surface area contributed by atoms with E-state index in [9.17, 15) is 0 Å². The van der Waals surface area contributed by atoms with Gasteiger partial charge in [-0.15, -0.1) is 0 Å². The second-order valence-corrected chi connectivity index (χ2v) is 10.4. The quantitative estimate of drug-likeness (QED) is 0.103. The molecule has 7 aromatic rings. The number of hydrogen-bond donors (Lipinski definition) is 1. The van der Waals surface area contributed by atoms with Crippen LogP contribution in [0.25, 0.3) is 16.8 Å². The van der Waals surface area contributed by atoms with Crippen molar-refractivity contribution in [3.8, 4) is 11.3 Å². The van der Waals surface area contributed by atoms with Gasteiger partial charge in [0, 0.05) is 36.3 Å². The van der Waals surface area contributed by atoms with Crippen LogP contribution in [0, 0.1) is 0 Å². The van der Waals surface area contributed by atoms with E-state index < -0.39 is 0 Å². The molecule has 1 aliphatic rings. The summed E-state index contributed by atoms with van der Waals surface area (Å²) in [6.45, 7) is 24.0. The van der Waals surface area contributed by atoms with Gasteiger partial charge in [-0.25, -0.2) is 4.52 Å². The van der Waals surface area contributed by atoms with Crippen molar-refractivity contribution < 1.29 is 5.21 Å². The Morgan fingerprint density at radius 3 is 1.55 bits per heavy atom. The monoisotopic (exact) mass is 781 g/mol. The van der Waals surface area contributed by atoms with Crippen LogP contribution < -0.4 is 0 Å². The molecule has 5 heterocycles. The number of benzene rings is 3. The molecule has 0 saturated carbocycles. The van der Waals surface area contributed by atoms with E-state index in [4.69, 9.17) is 5.21 Å². The van der Waals surface area contributed by atoms with Crippen molar-refractivity contribution >= 4 is 16.9 Å². The molecular weight excluding hydrogens is 713 g/mol. The summed E-state index contributed by atoms with van der Waals surface area (Å²) in [4.78, 5) is 13.0. The van der Waals surface area contributed by atoms with E-state index in [1.165, 1.54) is 5.56 Å². The third kappa shape index (κ3) is 18.2. The molecule has 1 unspecified atom stereocenters. The molecule has 1 N–H and O–H groups in total. The number of nitrogens with zero attached hydrogens (tertiary/aromatic N) is 6. The fourth-order valence-corrected chi connectivity index (χ4v) is 4.88. The van der Waals surface area contributed by atoms with E-state index in [-0.39, 0.29) is 6.04 Å². The highest BCUT2D eigenvalue weighted by Crippen LogP contribution is 2.33. The van der Waals surface area contributed by atoms with E-state index in [2.05, 4.69) is 61.6 Å². The lowest BCUT2D eigenvalue weighted by Crippen LogP contribution is -2.06. The summed E-state index contributed by atoms with van der Waals surface area (Å²) in [6, 6.07) is 50.0. The molecule has 0 aliphatic carbocycles. The lowest BCUT2D eigenvalue weighted by molar-refractivity contribution is 0.318. The van der Waals surface area contributed by atoms with Gasteiger partial charge >= 0.3 is 0 Å². The third-order valence-corrected chi connectivity index (χ3v) is 7.24. The molecule has 58 heavy (non-hydrogen) atoms. The first-order valence-electron chi connectivity index (χ1n) is 21.0. The topological polar surface area (TPSA) is 88.0 Å². The molecule has 0 radical (unpaired) electrons. The molecule has 0 bridgehead atoms. The van der Waals surface area contributed by atoms with Crippen molar-refractivity contribution in [2.24, 2.45) is 10.1 Å². The van der Waals surface area contributed by atoms with Crippen LogP contribution in [0.3, 0.4) is 0 Å².